The van der Waals surface area contributed by atoms with E-state index in [1.807, 2.05) is 51.1 Å². The standard InChI is InChI=1S/C18H23N2O3S/c1-18(2,3)20(21)14-16-11-7-8-12-17(16)24(22,23)19-13-15-9-5-4-6-10-15/h4-12,14,19,21H,13H2,1-3H3/q+1/b20-14-. The van der Waals surface area contributed by atoms with Crippen LogP contribution < -0.4 is 4.72 Å². The summed E-state index contributed by atoms with van der Waals surface area (Å²) in [5.74, 6) is 0. The average Bonchev–Trinajstić information content (AvgIpc) is 2.53. The van der Waals surface area contributed by atoms with Gasteiger partial charge in [-0.3, -0.25) is 5.21 Å². The van der Waals surface area contributed by atoms with Gasteiger partial charge in [0.05, 0.1) is 10.5 Å². The van der Waals surface area contributed by atoms with E-state index >= 15 is 0 Å². The fraction of sp³-hybridized carbons (Fsp3) is 0.278. The molecule has 0 aliphatic rings. The molecular weight excluding hydrogens is 324 g/mol. The predicted octanol–water partition coefficient (Wildman–Crippen LogP) is 2.78. The Morgan fingerprint density at radius 1 is 1.04 bits per heavy atom. The molecule has 0 bridgehead atoms. The summed E-state index contributed by atoms with van der Waals surface area (Å²) in [6, 6.07) is 15.9. The van der Waals surface area contributed by atoms with Crippen molar-refractivity contribution in [1.29, 1.82) is 0 Å². The lowest BCUT2D eigenvalue weighted by molar-refractivity contribution is -0.816. The molecule has 0 aromatic heterocycles. The molecule has 0 fully saturated rings. The lowest BCUT2D eigenvalue weighted by Crippen LogP contribution is -2.32. The molecule has 0 heterocycles. The highest BCUT2D eigenvalue weighted by molar-refractivity contribution is 7.89. The summed E-state index contributed by atoms with van der Waals surface area (Å²) in [6.07, 6.45) is 1.43. The van der Waals surface area contributed by atoms with E-state index in [1.165, 1.54) is 12.3 Å². The van der Waals surface area contributed by atoms with Gasteiger partial charge in [0.2, 0.25) is 21.8 Å². The lowest BCUT2D eigenvalue weighted by atomic mass is 10.1. The van der Waals surface area contributed by atoms with E-state index in [9.17, 15) is 13.6 Å². The first-order valence-corrected chi connectivity index (χ1v) is 9.14. The molecule has 0 saturated heterocycles. The third-order valence-corrected chi connectivity index (χ3v) is 4.94. The maximum Gasteiger partial charge on any atom is 0.241 e. The van der Waals surface area contributed by atoms with E-state index in [0.29, 0.717) is 5.56 Å². The van der Waals surface area contributed by atoms with E-state index in [4.69, 9.17) is 0 Å². The molecule has 2 aromatic rings. The monoisotopic (exact) mass is 347 g/mol. The summed E-state index contributed by atoms with van der Waals surface area (Å²) in [5, 5.41) is 10.1. The van der Waals surface area contributed by atoms with Crippen molar-refractivity contribution in [3.05, 3.63) is 65.7 Å². The summed E-state index contributed by atoms with van der Waals surface area (Å²) in [6.45, 7) is 5.69. The van der Waals surface area contributed by atoms with Gasteiger partial charge in [0.1, 0.15) is 0 Å². The second-order valence-corrected chi connectivity index (χ2v) is 8.23. The Balaban J connectivity index is 2.31. The number of hydroxylamine groups is 1. The van der Waals surface area contributed by atoms with Gasteiger partial charge in [-0.05, 0) is 22.4 Å². The molecule has 6 heteroatoms. The summed E-state index contributed by atoms with van der Waals surface area (Å²) >= 11 is 0. The van der Waals surface area contributed by atoms with Gasteiger partial charge in [0.25, 0.3) is 0 Å². The van der Waals surface area contributed by atoms with E-state index in [1.54, 1.807) is 18.2 Å². The molecule has 0 aliphatic heterocycles. The average molecular weight is 347 g/mol. The third kappa shape index (κ3) is 4.66. The third-order valence-electron chi connectivity index (χ3n) is 3.47. The minimum atomic E-state index is -3.70. The summed E-state index contributed by atoms with van der Waals surface area (Å²) in [4.78, 5) is 0.129. The van der Waals surface area contributed by atoms with Crippen molar-refractivity contribution in [3.63, 3.8) is 0 Å². The van der Waals surface area contributed by atoms with Crippen LogP contribution in [0.1, 0.15) is 31.9 Å². The second-order valence-electron chi connectivity index (χ2n) is 6.49. The summed E-state index contributed by atoms with van der Waals surface area (Å²) < 4.78 is 28.9. The lowest BCUT2D eigenvalue weighted by Gasteiger charge is -2.11. The number of hydrogen-bond acceptors (Lipinski definition) is 3. The van der Waals surface area contributed by atoms with Gasteiger partial charge in [0, 0.05) is 27.3 Å². The molecule has 2 aromatic carbocycles. The first kappa shape index (κ1) is 18.2. The molecule has 128 valence electrons. The minimum absolute atomic E-state index is 0.129. The van der Waals surface area contributed by atoms with Gasteiger partial charge in [-0.25, -0.2) is 13.1 Å². The zero-order valence-corrected chi connectivity index (χ0v) is 14.9. The molecule has 2 N–H and O–H groups in total. The van der Waals surface area contributed by atoms with Gasteiger partial charge < -0.3 is 0 Å². The Kier molecular flexibility index (Phi) is 5.41. The van der Waals surface area contributed by atoms with Crippen LogP contribution in [0.15, 0.2) is 59.5 Å². The van der Waals surface area contributed by atoms with Crippen molar-refractivity contribution < 1.29 is 18.4 Å². The van der Waals surface area contributed by atoms with E-state index in [2.05, 4.69) is 4.72 Å². The fourth-order valence-corrected chi connectivity index (χ4v) is 3.21. The largest absolute Gasteiger partial charge is 0.290 e. The van der Waals surface area contributed by atoms with Crippen LogP contribution in [0.5, 0.6) is 0 Å². The first-order valence-electron chi connectivity index (χ1n) is 7.66. The number of hydrogen-bond donors (Lipinski definition) is 2. The van der Waals surface area contributed by atoms with Crippen LogP contribution in [0.25, 0.3) is 0 Å². The zero-order valence-electron chi connectivity index (χ0n) is 14.1. The van der Waals surface area contributed by atoms with Crippen molar-refractivity contribution in [1.82, 2.24) is 4.72 Å². The Bertz CT molecular complexity index is 823. The zero-order chi connectivity index (χ0) is 17.8. The SMILES string of the molecule is CC(C)(C)/[N+](O)=C/c1ccccc1S(=O)(=O)NCc1ccccc1. The fourth-order valence-electron chi connectivity index (χ4n) is 2.01. The predicted molar refractivity (Wildman–Crippen MR) is 93.9 cm³/mol. The van der Waals surface area contributed by atoms with Crippen molar-refractivity contribution in [2.75, 3.05) is 0 Å². The van der Waals surface area contributed by atoms with Crippen molar-refractivity contribution in [2.45, 2.75) is 37.8 Å². The van der Waals surface area contributed by atoms with Gasteiger partial charge in [-0.1, -0.05) is 42.5 Å². The highest BCUT2D eigenvalue weighted by Gasteiger charge is 2.26. The number of nitrogens with zero attached hydrogens (tertiary/aromatic N) is 1. The molecule has 0 amide bonds. The van der Waals surface area contributed by atoms with Gasteiger partial charge in [-0.15, -0.1) is 0 Å². The first-order chi connectivity index (χ1) is 11.2. The minimum Gasteiger partial charge on any atom is -0.290 e. The molecule has 2 rings (SSSR count). The quantitative estimate of drug-likeness (QED) is 0.378. The normalized spacial score (nSPS) is 13.0. The van der Waals surface area contributed by atoms with Crippen LogP contribution in [0.4, 0.5) is 0 Å². The van der Waals surface area contributed by atoms with Crippen molar-refractivity contribution >= 4 is 16.2 Å². The van der Waals surface area contributed by atoms with Crippen LogP contribution in [0.2, 0.25) is 0 Å². The highest BCUT2D eigenvalue weighted by atomic mass is 32.2. The summed E-state index contributed by atoms with van der Waals surface area (Å²) in [5.41, 5.74) is 0.769. The topological polar surface area (TPSA) is 69.4 Å². The molecule has 0 radical (unpaired) electrons. The number of nitrogens with one attached hydrogen (secondary N) is 1. The smallest absolute Gasteiger partial charge is 0.241 e. The van der Waals surface area contributed by atoms with E-state index in [-0.39, 0.29) is 11.4 Å². The summed E-state index contributed by atoms with van der Waals surface area (Å²) in [7, 11) is -3.70. The molecule has 0 saturated carbocycles. The number of sulfonamides is 1. The molecule has 0 unspecified atom stereocenters. The van der Waals surface area contributed by atoms with E-state index in [0.717, 1.165) is 10.3 Å². The number of rotatable bonds is 5. The van der Waals surface area contributed by atoms with E-state index < -0.39 is 15.6 Å². The van der Waals surface area contributed by atoms with Gasteiger partial charge in [-0.2, -0.15) is 0 Å². The van der Waals surface area contributed by atoms with Crippen LogP contribution in [-0.2, 0) is 16.6 Å². The Morgan fingerprint density at radius 2 is 1.62 bits per heavy atom. The molecule has 0 atom stereocenters. The van der Waals surface area contributed by atoms with Crippen LogP contribution in [0.3, 0.4) is 0 Å². The maximum atomic E-state index is 12.6. The highest BCUT2D eigenvalue weighted by Crippen LogP contribution is 2.15. The van der Waals surface area contributed by atoms with Crippen LogP contribution >= 0.6 is 0 Å². The Labute approximate surface area is 143 Å². The maximum absolute atomic E-state index is 12.6. The van der Waals surface area contributed by atoms with Gasteiger partial charge >= 0.3 is 0 Å². The molecule has 0 aliphatic carbocycles. The second kappa shape index (κ2) is 7.15. The Hall–Kier alpha value is -2.18. The van der Waals surface area contributed by atoms with Crippen LogP contribution in [-0.4, -0.2) is 30.1 Å². The molecule has 5 nitrogen and oxygen atoms in total. The molecule has 0 spiro atoms. The van der Waals surface area contributed by atoms with Gasteiger partial charge in [0.15, 0.2) is 0 Å². The molecular formula is C18H23N2O3S+. The van der Waals surface area contributed by atoms with Crippen molar-refractivity contribution in [2.24, 2.45) is 0 Å². The molecule has 24 heavy (non-hydrogen) atoms. The number of benzene rings is 2. The van der Waals surface area contributed by atoms with Crippen molar-refractivity contribution in [3.8, 4) is 0 Å². The Morgan fingerprint density at radius 3 is 2.25 bits per heavy atom. The van der Waals surface area contributed by atoms with Crippen LogP contribution in [0, 0.1) is 0 Å².